The molecular formula is C21H18FN5O2S2. The Morgan fingerprint density at radius 2 is 2.03 bits per heavy atom. The fourth-order valence-corrected chi connectivity index (χ4v) is 4.38. The maximum absolute atomic E-state index is 13.0. The lowest BCUT2D eigenvalue weighted by Gasteiger charge is -2.09. The molecule has 0 saturated heterocycles. The lowest BCUT2D eigenvalue weighted by molar-refractivity contribution is -0.113. The van der Waals surface area contributed by atoms with Crippen LogP contribution in [-0.2, 0) is 17.9 Å². The van der Waals surface area contributed by atoms with Crippen LogP contribution in [0.1, 0.15) is 5.82 Å². The highest BCUT2D eigenvalue weighted by molar-refractivity contribution is 7.99. The Hall–Kier alpha value is -3.24. The number of rotatable bonds is 9. The first kappa shape index (κ1) is 21.0. The summed E-state index contributed by atoms with van der Waals surface area (Å²) in [6.45, 7) is 4.39. The third-order valence-corrected chi connectivity index (χ3v) is 6.08. The first-order valence-corrected chi connectivity index (χ1v) is 11.1. The minimum atomic E-state index is -0.329. The van der Waals surface area contributed by atoms with E-state index in [1.807, 2.05) is 28.8 Å². The number of nitrogens with zero attached hydrogens (tertiary/aromatic N) is 4. The highest BCUT2D eigenvalue weighted by Crippen LogP contribution is 2.26. The normalized spacial score (nSPS) is 10.9. The van der Waals surface area contributed by atoms with Crippen molar-refractivity contribution in [1.82, 2.24) is 19.7 Å². The van der Waals surface area contributed by atoms with E-state index in [1.165, 1.54) is 35.2 Å². The molecule has 7 nitrogen and oxygen atoms in total. The maximum atomic E-state index is 13.0. The standard InChI is InChI=1S/C21H18FN5O2S2/c1-2-11-27-18(12-29-15-9-7-14(22)8-10-15)25-26-21(27)30-13-19(28)24-20-23-16-5-3-4-6-17(16)31-20/h2-10H,1,11-13H2,(H,23,24,28). The first-order valence-electron chi connectivity index (χ1n) is 9.32. The van der Waals surface area contributed by atoms with Crippen molar-refractivity contribution in [2.24, 2.45) is 0 Å². The van der Waals surface area contributed by atoms with E-state index in [-0.39, 0.29) is 24.1 Å². The van der Waals surface area contributed by atoms with Crippen LogP contribution in [0.2, 0.25) is 0 Å². The highest BCUT2D eigenvalue weighted by Gasteiger charge is 2.15. The minimum Gasteiger partial charge on any atom is -0.486 e. The van der Waals surface area contributed by atoms with Crippen molar-refractivity contribution in [2.45, 2.75) is 18.3 Å². The number of para-hydroxylation sites is 1. The molecule has 10 heteroatoms. The predicted molar refractivity (Wildman–Crippen MR) is 120 cm³/mol. The molecule has 31 heavy (non-hydrogen) atoms. The highest BCUT2D eigenvalue weighted by atomic mass is 32.2. The van der Waals surface area contributed by atoms with Gasteiger partial charge in [0.2, 0.25) is 5.91 Å². The van der Waals surface area contributed by atoms with Gasteiger partial charge >= 0.3 is 0 Å². The van der Waals surface area contributed by atoms with Gasteiger partial charge in [0.25, 0.3) is 0 Å². The summed E-state index contributed by atoms with van der Waals surface area (Å²) in [5.41, 5.74) is 0.854. The fourth-order valence-electron chi connectivity index (χ4n) is 2.73. The van der Waals surface area contributed by atoms with Gasteiger partial charge in [-0.25, -0.2) is 9.37 Å². The molecule has 0 saturated carbocycles. The van der Waals surface area contributed by atoms with E-state index in [1.54, 1.807) is 18.2 Å². The van der Waals surface area contributed by atoms with Gasteiger partial charge in [-0.1, -0.05) is 41.3 Å². The third kappa shape index (κ3) is 5.28. The number of nitrogens with one attached hydrogen (secondary N) is 1. The predicted octanol–water partition coefficient (Wildman–Crippen LogP) is 4.52. The number of fused-ring (bicyclic) bond motifs is 1. The summed E-state index contributed by atoms with van der Waals surface area (Å²) in [6, 6.07) is 13.5. The number of hydrogen-bond acceptors (Lipinski definition) is 7. The van der Waals surface area contributed by atoms with Crippen molar-refractivity contribution in [2.75, 3.05) is 11.1 Å². The number of carbonyl (C=O) groups is 1. The molecule has 0 radical (unpaired) electrons. The molecule has 0 aliphatic rings. The van der Waals surface area contributed by atoms with Gasteiger partial charge in [-0.3, -0.25) is 9.36 Å². The fraction of sp³-hybridized carbons (Fsp3) is 0.143. The summed E-state index contributed by atoms with van der Waals surface area (Å²) in [7, 11) is 0. The Morgan fingerprint density at radius 1 is 1.23 bits per heavy atom. The molecule has 0 aliphatic carbocycles. The van der Waals surface area contributed by atoms with Crippen molar-refractivity contribution in [3.63, 3.8) is 0 Å². The molecule has 0 spiro atoms. The number of thioether (sulfide) groups is 1. The number of halogens is 1. The number of hydrogen-bond donors (Lipinski definition) is 1. The number of anilines is 1. The van der Waals surface area contributed by atoms with Crippen molar-refractivity contribution in [3.8, 4) is 5.75 Å². The number of ether oxygens (including phenoxy) is 1. The molecule has 2 heterocycles. The van der Waals surface area contributed by atoms with Gasteiger partial charge in [0.05, 0.1) is 16.0 Å². The zero-order chi connectivity index (χ0) is 21.6. The molecule has 4 aromatic rings. The second-order valence-electron chi connectivity index (χ2n) is 6.36. The lowest BCUT2D eigenvalue weighted by atomic mass is 10.3. The molecule has 0 atom stereocenters. The second-order valence-corrected chi connectivity index (χ2v) is 8.34. The Labute approximate surface area is 186 Å². The average Bonchev–Trinajstić information content (AvgIpc) is 3.35. The van der Waals surface area contributed by atoms with Gasteiger partial charge in [0, 0.05) is 6.54 Å². The molecule has 2 aromatic heterocycles. The zero-order valence-corrected chi connectivity index (χ0v) is 18.0. The van der Waals surface area contributed by atoms with Crippen LogP contribution in [0.4, 0.5) is 9.52 Å². The van der Waals surface area contributed by atoms with Gasteiger partial charge in [-0.15, -0.1) is 16.8 Å². The maximum Gasteiger partial charge on any atom is 0.236 e. The van der Waals surface area contributed by atoms with Crippen LogP contribution in [0.15, 0.2) is 66.3 Å². The first-order chi connectivity index (χ1) is 15.1. The van der Waals surface area contributed by atoms with E-state index in [0.29, 0.717) is 28.4 Å². The van der Waals surface area contributed by atoms with Crippen molar-refractivity contribution >= 4 is 44.4 Å². The van der Waals surface area contributed by atoms with Crippen LogP contribution >= 0.6 is 23.1 Å². The van der Waals surface area contributed by atoms with E-state index in [4.69, 9.17) is 4.74 Å². The number of aromatic nitrogens is 4. The van der Waals surface area contributed by atoms with E-state index in [0.717, 1.165) is 10.2 Å². The summed E-state index contributed by atoms with van der Waals surface area (Å²) in [5, 5.41) is 12.3. The van der Waals surface area contributed by atoms with Gasteiger partial charge < -0.3 is 10.1 Å². The molecule has 0 aliphatic heterocycles. The number of benzene rings is 2. The van der Waals surface area contributed by atoms with Crippen LogP contribution in [0.3, 0.4) is 0 Å². The number of carbonyl (C=O) groups excluding carboxylic acids is 1. The monoisotopic (exact) mass is 455 g/mol. The van der Waals surface area contributed by atoms with Crippen LogP contribution in [-0.4, -0.2) is 31.4 Å². The molecule has 0 fully saturated rings. The summed E-state index contributed by atoms with van der Waals surface area (Å²) >= 11 is 2.70. The Balaban J connectivity index is 1.37. The van der Waals surface area contributed by atoms with Crippen LogP contribution in [0.5, 0.6) is 5.75 Å². The van der Waals surface area contributed by atoms with Gasteiger partial charge in [0.1, 0.15) is 18.2 Å². The second kappa shape index (κ2) is 9.71. The summed E-state index contributed by atoms with van der Waals surface area (Å²) in [4.78, 5) is 16.8. The van der Waals surface area contributed by atoms with Crippen LogP contribution in [0.25, 0.3) is 10.2 Å². The van der Waals surface area contributed by atoms with Crippen molar-refractivity contribution in [3.05, 3.63) is 72.8 Å². The smallest absolute Gasteiger partial charge is 0.236 e. The molecule has 0 bridgehead atoms. The van der Waals surface area contributed by atoms with Crippen LogP contribution < -0.4 is 10.1 Å². The van der Waals surface area contributed by atoms with Gasteiger partial charge in [0.15, 0.2) is 16.1 Å². The largest absolute Gasteiger partial charge is 0.486 e. The van der Waals surface area contributed by atoms with E-state index in [9.17, 15) is 9.18 Å². The summed E-state index contributed by atoms with van der Waals surface area (Å²) in [5.74, 6) is 0.757. The SMILES string of the molecule is C=CCn1c(COc2ccc(F)cc2)nnc1SCC(=O)Nc1nc2ccccc2s1. The molecule has 0 unspecified atom stereocenters. The Kier molecular flexibility index (Phi) is 6.58. The molecular weight excluding hydrogens is 437 g/mol. The van der Waals surface area contributed by atoms with Crippen molar-refractivity contribution in [1.29, 1.82) is 0 Å². The van der Waals surface area contributed by atoms with E-state index < -0.39 is 0 Å². The number of amides is 1. The topological polar surface area (TPSA) is 81.9 Å². The molecule has 2 aromatic carbocycles. The van der Waals surface area contributed by atoms with E-state index in [2.05, 4.69) is 27.1 Å². The summed E-state index contributed by atoms with van der Waals surface area (Å²) in [6.07, 6.45) is 1.72. The molecule has 158 valence electrons. The molecule has 4 rings (SSSR count). The lowest BCUT2D eigenvalue weighted by Crippen LogP contribution is -2.14. The van der Waals surface area contributed by atoms with E-state index >= 15 is 0 Å². The minimum absolute atomic E-state index is 0.157. The van der Waals surface area contributed by atoms with Crippen LogP contribution in [0, 0.1) is 5.82 Å². The number of thiazole rings is 1. The quantitative estimate of drug-likeness (QED) is 0.295. The van der Waals surface area contributed by atoms with Gasteiger partial charge in [-0.2, -0.15) is 0 Å². The van der Waals surface area contributed by atoms with Crippen molar-refractivity contribution < 1.29 is 13.9 Å². The zero-order valence-electron chi connectivity index (χ0n) is 16.3. The average molecular weight is 456 g/mol. The molecule has 1 amide bonds. The Bertz CT molecular complexity index is 1170. The third-order valence-electron chi connectivity index (χ3n) is 4.16. The van der Waals surface area contributed by atoms with Gasteiger partial charge in [-0.05, 0) is 36.4 Å². The number of allylic oxidation sites excluding steroid dienone is 1. The molecule has 1 N–H and O–H groups in total. The summed E-state index contributed by atoms with van der Waals surface area (Å²) < 4.78 is 21.5. The Morgan fingerprint density at radius 3 is 2.81 bits per heavy atom.